The van der Waals surface area contributed by atoms with Crippen molar-refractivity contribution in [2.45, 2.75) is 40.0 Å². The zero-order valence-electron chi connectivity index (χ0n) is 12.2. The highest BCUT2D eigenvalue weighted by molar-refractivity contribution is 5.98. The van der Waals surface area contributed by atoms with Crippen molar-refractivity contribution in [3.8, 4) is 6.07 Å². The third-order valence-electron chi connectivity index (χ3n) is 4.55. The van der Waals surface area contributed by atoms with Crippen LogP contribution in [0, 0.1) is 34.4 Å². The molecule has 0 heterocycles. The van der Waals surface area contributed by atoms with E-state index >= 15 is 0 Å². The van der Waals surface area contributed by atoms with Gasteiger partial charge in [0.05, 0.1) is 5.56 Å². The first-order valence-corrected chi connectivity index (χ1v) is 7.10. The smallest absolute Gasteiger partial charge is 0.166 e. The third kappa shape index (κ3) is 2.60. The van der Waals surface area contributed by atoms with Crippen LogP contribution in [0.3, 0.4) is 0 Å². The number of carbonyl (C=O) groups excluding carboxylic acids is 1. The van der Waals surface area contributed by atoms with Gasteiger partial charge in [-0.3, -0.25) is 4.79 Å². The topological polar surface area (TPSA) is 40.9 Å². The Bertz CT molecular complexity index is 571. The van der Waals surface area contributed by atoms with E-state index in [4.69, 9.17) is 5.26 Å². The summed E-state index contributed by atoms with van der Waals surface area (Å²) in [5.41, 5.74) is 0.310. The Labute approximate surface area is 119 Å². The van der Waals surface area contributed by atoms with Gasteiger partial charge in [-0.15, -0.1) is 0 Å². The standard InChI is InChI=1S/C17H20FNO/c1-11-5-4-8-17(2,3)15(11)16(20)12-6-7-13(10-19)14(18)9-12/h6-7,9,11,15H,4-5,8H2,1-3H3/t11?,15-/m1/s1. The highest BCUT2D eigenvalue weighted by Gasteiger charge is 2.41. The molecule has 0 saturated heterocycles. The summed E-state index contributed by atoms with van der Waals surface area (Å²) in [6, 6.07) is 5.95. The van der Waals surface area contributed by atoms with Crippen LogP contribution in [0.5, 0.6) is 0 Å². The monoisotopic (exact) mass is 273 g/mol. The van der Waals surface area contributed by atoms with Crippen LogP contribution in [-0.4, -0.2) is 5.78 Å². The van der Waals surface area contributed by atoms with E-state index in [9.17, 15) is 9.18 Å². The molecule has 1 aromatic carbocycles. The van der Waals surface area contributed by atoms with E-state index < -0.39 is 5.82 Å². The zero-order chi connectivity index (χ0) is 14.9. The Hall–Kier alpha value is -1.69. The molecule has 1 aliphatic carbocycles. The van der Waals surface area contributed by atoms with Gasteiger partial charge >= 0.3 is 0 Å². The third-order valence-corrected chi connectivity index (χ3v) is 4.55. The van der Waals surface area contributed by atoms with Crippen LogP contribution in [0.1, 0.15) is 56.0 Å². The molecular formula is C17H20FNO. The van der Waals surface area contributed by atoms with Gasteiger partial charge in [-0.05, 0) is 42.4 Å². The number of Topliss-reactive ketones (excluding diaryl/α,β-unsaturated/α-hetero) is 1. The Kier molecular flexibility index (Phi) is 3.94. The molecule has 0 radical (unpaired) electrons. The molecule has 1 saturated carbocycles. The second-order valence-corrected chi connectivity index (χ2v) is 6.51. The first-order chi connectivity index (χ1) is 9.36. The molecule has 20 heavy (non-hydrogen) atoms. The molecule has 0 spiro atoms. The number of hydrogen-bond acceptors (Lipinski definition) is 2. The SMILES string of the molecule is CC1CCCC(C)(C)[C@H]1C(=O)c1ccc(C#N)c(F)c1. The molecule has 1 fully saturated rings. The number of nitrogens with zero attached hydrogens (tertiary/aromatic N) is 1. The summed E-state index contributed by atoms with van der Waals surface area (Å²) in [6.07, 6.45) is 3.20. The largest absolute Gasteiger partial charge is 0.294 e. The van der Waals surface area contributed by atoms with Crippen LogP contribution in [0.4, 0.5) is 4.39 Å². The van der Waals surface area contributed by atoms with E-state index in [-0.39, 0.29) is 22.7 Å². The van der Waals surface area contributed by atoms with Gasteiger partial charge in [-0.25, -0.2) is 4.39 Å². The van der Waals surface area contributed by atoms with E-state index in [1.807, 2.05) is 0 Å². The van der Waals surface area contributed by atoms with Gasteiger partial charge in [0.2, 0.25) is 0 Å². The highest BCUT2D eigenvalue weighted by Crippen LogP contribution is 2.45. The van der Waals surface area contributed by atoms with E-state index in [1.54, 1.807) is 12.1 Å². The lowest BCUT2D eigenvalue weighted by molar-refractivity contribution is 0.0539. The van der Waals surface area contributed by atoms with Gasteiger partial charge in [0, 0.05) is 11.5 Å². The Morgan fingerprint density at radius 2 is 2.15 bits per heavy atom. The molecule has 2 rings (SSSR count). The molecule has 0 bridgehead atoms. The number of halogens is 1. The molecule has 2 nitrogen and oxygen atoms in total. The number of benzene rings is 1. The predicted molar refractivity (Wildman–Crippen MR) is 75.7 cm³/mol. The van der Waals surface area contributed by atoms with Crippen molar-refractivity contribution >= 4 is 5.78 Å². The first-order valence-electron chi connectivity index (χ1n) is 7.10. The molecule has 0 amide bonds. The molecule has 0 aliphatic heterocycles. The van der Waals surface area contributed by atoms with Crippen LogP contribution in [0.15, 0.2) is 18.2 Å². The summed E-state index contributed by atoms with van der Waals surface area (Å²) in [5, 5.41) is 8.75. The first kappa shape index (κ1) is 14.7. The van der Waals surface area contributed by atoms with Crippen molar-refractivity contribution in [1.82, 2.24) is 0 Å². The minimum Gasteiger partial charge on any atom is -0.294 e. The predicted octanol–water partition coefficient (Wildman–Crippen LogP) is 4.34. The van der Waals surface area contributed by atoms with Crippen molar-refractivity contribution in [2.24, 2.45) is 17.3 Å². The molecule has 0 aromatic heterocycles. The molecule has 1 aliphatic rings. The fourth-order valence-electron chi connectivity index (χ4n) is 3.52. The molecule has 2 atom stereocenters. The van der Waals surface area contributed by atoms with Crippen molar-refractivity contribution in [2.75, 3.05) is 0 Å². The van der Waals surface area contributed by atoms with Crippen LogP contribution in [0.25, 0.3) is 0 Å². The van der Waals surface area contributed by atoms with E-state index in [1.165, 1.54) is 12.1 Å². The lowest BCUT2D eigenvalue weighted by Crippen LogP contribution is -2.39. The lowest BCUT2D eigenvalue weighted by Gasteiger charge is -2.42. The van der Waals surface area contributed by atoms with Crippen LogP contribution in [0.2, 0.25) is 0 Å². The summed E-state index contributed by atoms with van der Waals surface area (Å²) in [6.45, 7) is 6.33. The number of ketones is 1. The van der Waals surface area contributed by atoms with E-state index in [0.717, 1.165) is 19.3 Å². The Balaban J connectivity index is 2.35. The summed E-state index contributed by atoms with van der Waals surface area (Å²) < 4.78 is 13.7. The van der Waals surface area contributed by atoms with Crippen LogP contribution >= 0.6 is 0 Å². The molecule has 3 heteroatoms. The number of nitriles is 1. The Morgan fingerprint density at radius 3 is 2.70 bits per heavy atom. The summed E-state index contributed by atoms with van der Waals surface area (Å²) in [4.78, 5) is 12.7. The van der Waals surface area contributed by atoms with Gasteiger partial charge in [0.25, 0.3) is 0 Å². The summed E-state index contributed by atoms with van der Waals surface area (Å²) in [5.74, 6) is -0.376. The lowest BCUT2D eigenvalue weighted by atomic mass is 9.62. The van der Waals surface area contributed by atoms with Gasteiger partial charge in [-0.2, -0.15) is 5.26 Å². The quantitative estimate of drug-likeness (QED) is 0.752. The van der Waals surface area contributed by atoms with E-state index in [0.29, 0.717) is 11.5 Å². The number of carbonyl (C=O) groups is 1. The Morgan fingerprint density at radius 1 is 1.45 bits per heavy atom. The molecule has 106 valence electrons. The minimum absolute atomic E-state index is 0.00518. The number of hydrogen-bond donors (Lipinski definition) is 0. The average Bonchev–Trinajstić information content (AvgIpc) is 2.37. The van der Waals surface area contributed by atoms with Gasteiger partial charge in [0.1, 0.15) is 11.9 Å². The second kappa shape index (κ2) is 5.36. The molecule has 1 aromatic rings. The van der Waals surface area contributed by atoms with E-state index in [2.05, 4.69) is 20.8 Å². The summed E-state index contributed by atoms with van der Waals surface area (Å²) >= 11 is 0. The van der Waals surface area contributed by atoms with Crippen LogP contribution in [-0.2, 0) is 0 Å². The molecule has 0 N–H and O–H groups in total. The van der Waals surface area contributed by atoms with Crippen LogP contribution < -0.4 is 0 Å². The van der Waals surface area contributed by atoms with Gasteiger partial charge in [0.15, 0.2) is 5.78 Å². The normalized spacial score (nSPS) is 24.9. The maximum Gasteiger partial charge on any atom is 0.166 e. The molecular weight excluding hydrogens is 253 g/mol. The molecule has 1 unspecified atom stereocenters. The van der Waals surface area contributed by atoms with Gasteiger partial charge in [-0.1, -0.05) is 27.2 Å². The fourth-order valence-corrected chi connectivity index (χ4v) is 3.52. The van der Waals surface area contributed by atoms with Crippen molar-refractivity contribution in [3.63, 3.8) is 0 Å². The van der Waals surface area contributed by atoms with Crippen molar-refractivity contribution in [1.29, 1.82) is 5.26 Å². The minimum atomic E-state index is -0.611. The van der Waals surface area contributed by atoms with Crippen molar-refractivity contribution in [3.05, 3.63) is 35.1 Å². The fraction of sp³-hybridized carbons (Fsp3) is 0.529. The van der Waals surface area contributed by atoms with Gasteiger partial charge < -0.3 is 0 Å². The average molecular weight is 273 g/mol. The highest BCUT2D eigenvalue weighted by atomic mass is 19.1. The summed E-state index contributed by atoms with van der Waals surface area (Å²) in [7, 11) is 0. The zero-order valence-corrected chi connectivity index (χ0v) is 12.2. The second-order valence-electron chi connectivity index (χ2n) is 6.51. The number of rotatable bonds is 2. The van der Waals surface area contributed by atoms with Crippen molar-refractivity contribution < 1.29 is 9.18 Å². The maximum absolute atomic E-state index is 13.7. The maximum atomic E-state index is 13.7.